The highest BCUT2D eigenvalue weighted by molar-refractivity contribution is 5.80. The van der Waals surface area contributed by atoms with Gasteiger partial charge in [0.2, 0.25) is 0 Å². The standard InChI is InChI=1S/C24H30N4O6/c1-27-19(16-7-3-5-10-25-16)23(9-12-29)14-28(13-18(30)31)15-24(21(23)32,22(33)34-2)20(27)17-8-4-6-11-26-17/h3-8,10-11,19-21,29,32H,9,12-15H2,1-2H3,(H,30,31). The first kappa shape index (κ1) is 24.2. The lowest BCUT2D eigenvalue weighted by Crippen LogP contribution is -2.75. The Morgan fingerprint density at radius 1 is 1.09 bits per heavy atom. The first-order chi connectivity index (χ1) is 16.3. The number of fused-ring (bicyclic) bond motifs is 2. The Morgan fingerprint density at radius 2 is 1.71 bits per heavy atom. The molecule has 2 bridgehead atoms. The number of esters is 1. The molecule has 0 saturated carbocycles. The van der Waals surface area contributed by atoms with E-state index < -0.39 is 41.0 Å². The zero-order valence-corrected chi connectivity index (χ0v) is 19.2. The number of aliphatic carboxylic acids is 1. The van der Waals surface area contributed by atoms with E-state index >= 15 is 0 Å². The van der Waals surface area contributed by atoms with Crippen molar-refractivity contribution < 1.29 is 29.6 Å². The van der Waals surface area contributed by atoms with Gasteiger partial charge in [-0.25, -0.2) is 0 Å². The first-order valence-electron chi connectivity index (χ1n) is 11.2. The molecule has 2 aromatic rings. The van der Waals surface area contributed by atoms with Crippen molar-refractivity contribution in [3.8, 4) is 0 Å². The van der Waals surface area contributed by atoms with Gasteiger partial charge < -0.3 is 20.1 Å². The fourth-order valence-corrected chi connectivity index (χ4v) is 6.31. The van der Waals surface area contributed by atoms with Crippen LogP contribution >= 0.6 is 0 Å². The van der Waals surface area contributed by atoms with Crippen LogP contribution in [-0.4, -0.2) is 93.5 Å². The first-order valence-corrected chi connectivity index (χ1v) is 11.2. The molecular formula is C24H30N4O6. The van der Waals surface area contributed by atoms with Crippen molar-refractivity contribution >= 4 is 11.9 Å². The number of carboxylic acid groups (broad SMARTS) is 1. The summed E-state index contributed by atoms with van der Waals surface area (Å²) in [6, 6.07) is 9.52. The molecule has 10 nitrogen and oxygen atoms in total. The smallest absolute Gasteiger partial charge is 0.317 e. The molecule has 0 amide bonds. The topological polar surface area (TPSA) is 136 Å². The van der Waals surface area contributed by atoms with E-state index in [9.17, 15) is 24.9 Å². The van der Waals surface area contributed by atoms with E-state index in [1.807, 2.05) is 24.1 Å². The SMILES string of the molecule is COC(=O)C12CN(CC(=O)O)CC(CCO)(C(c3ccccn3)N(C)C1c1ccccn1)C2O. The van der Waals surface area contributed by atoms with Crippen molar-refractivity contribution in [2.45, 2.75) is 24.6 Å². The molecule has 0 spiro atoms. The maximum atomic E-state index is 13.6. The number of carbonyl (C=O) groups is 2. The number of methoxy groups -OCH3 is 1. The van der Waals surface area contributed by atoms with Gasteiger partial charge in [-0.2, -0.15) is 0 Å². The van der Waals surface area contributed by atoms with Crippen LogP contribution in [0.1, 0.15) is 29.9 Å². The molecule has 0 radical (unpaired) electrons. The number of piperidine rings is 2. The molecule has 3 N–H and O–H groups in total. The van der Waals surface area contributed by atoms with Crippen molar-refractivity contribution in [1.82, 2.24) is 19.8 Å². The van der Waals surface area contributed by atoms with Gasteiger partial charge in [0.05, 0.1) is 43.2 Å². The molecular weight excluding hydrogens is 440 g/mol. The number of rotatable bonds is 7. The second kappa shape index (κ2) is 9.38. The molecule has 10 heteroatoms. The molecule has 34 heavy (non-hydrogen) atoms. The van der Waals surface area contributed by atoms with Crippen LogP contribution in [0.4, 0.5) is 0 Å². The lowest BCUT2D eigenvalue weighted by Gasteiger charge is -2.66. The van der Waals surface area contributed by atoms with Gasteiger partial charge in [-0.05, 0) is 37.7 Å². The molecule has 5 unspecified atom stereocenters. The third kappa shape index (κ3) is 3.67. The largest absolute Gasteiger partial charge is 0.480 e. The van der Waals surface area contributed by atoms with Crippen molar-refractivity contribution in [2.75, 3.05) is 40.4 Å². The Bertz CT molecular complexity index is 1020. The van der Waals surface area contributed by atoms with Crippen LogP contribution in [-0.2, 0) is 14.3 Å². The molecule has 5 atom stereocenters. The van der Waals surface area contributed by atoms with Crippen LogP contribution in [0.5, 0.6) is 0 Å². The highest BCUT2D eigenvalue weighted by atomic mass is 16.5. The summed E-state index contributed by atoms with van der Waals surface area (Å²) in [6.07, 6.45) is 2.13. The maximum absolute atomic E-state index is 13.6. The van der Waals surface area contributed by atoms with Crippen LogP contribution in [0.3, 0.4) is 0 Å². The fourth-order valence-electron chi connectivity index (χ4n) is 6.31. The van der Waals surface area contributed by atoms with E-state index in [0.717, 1.165) is 0 Å². The van der Waals surface area contributed by atoms with E-state index in [4.69, 9.17) is 4.74 Å². The summed E-state index contributed by atoms with van der Waals surface area (Å²) in [7, 11) is 3.11. The van der Waals surface area contributed by atoms with Crippen molar-refractivity contribution in [3.05, 3.63) is 60.2 Å². The highest BCUT2D eigenvalue weighted by Crippen LogP contribution is 2.62. The van der Waals surface area contributed by atoms with Gasteiger partial charge >= 0.3 is 11.9 Å². The Morgan fingerprint density at radius 3 is 2.21 bits per heavy atom. The summed E-state index contributed by atoms with van der Waals surface area (Å²) >= 11 is 0. The molecule has 2 fully saturated rings. The van der Waals surface area contributed by atoms with Gasteiger partial charge in [-0.15, -0.1) is 0 Å². The van der Waals surface area contributed by atoms with Crippen molar-refractivity contribution in [1.29, 1.82) is 0 Å². The minimum Gasteiger partial charge on any atom is -0.480 e. The van der Waals surface area contributed by atoms with E-state index in [1.54, 1.807) is 41.6 Å². The summed E-state index contributed by atoms with van der Waals surface area (Å²) < 4.78 is 5.25. The van der Waals surface area contributed by atoms with Gasteiger partial charge in [0, 0.05) is 37.5 Å². The molecule has 4 heterocycles. The van der Waals surface area contributed by atoms with Gasteiger partial charge in [-0.3, -0.25) is 29.4 Å². The summed E-state index contributed by atoms with van der Waals surface area (Å²) in [5.74, 6) is -1.70. The van der Waals surface area contributed by atoms with Crippen molar-refractivity contribution in [2.24, 2.45) is 10.8 Å². The molecule has 4 rings (SSSR count). The quantitative estimate of drug-likeness (QED) is 0.491. The summed E-state index contributed by atoms with van der Waals surface area (Å²) in [6.45, 7) is -0.478. The minimum absolute atomic E-state index is 0.0408. The van der Waals surface area contributed by atoms with Crippen LogP contribution < -0.4 is 0 Å². The van der Waals surface area contributed by atoms with Gasteiger partial charge in [0.15, 0.2) is 0 Å². The fraction of sp³-hybridized carbons (Fsp3) is 0.500. The zero-order chi connectivity index (χ0) is 24.5. The number of aliphatic hydroxyl groups excluding tert-OH is 2. The number of likely N-dealkylation sites (tertiary alicyclic amines) is 2. The normalized spacial score (nSPS) is 31.7. The van der Waals surface area contributed by atoms with Crippen LogP contribution in [0, 0.1) is 10.8 Å². The molecule has 0 aromatic carbocycles. The lowest BCUT2D eigenvalue weighted by atomic mass is 9.52. The summed E-state index contributed by atoms with van der Waals surface area (Å²) in [5.41, 5.74) is -1.46. The third-order valence-electron chi connectivity index (χ3n) is 7.32. The van der Waals surface area contributed by atoms with E-state index in [1.165, 1.54) is 7.11 Å². The lowest BCUT2D eigenvalue weighted by molar-refractivity contribution is -0.249. The second-order valence-corrected chi connectivity index (χ2v) is 9.16. The number of carbonyl (C=O) groups excluding carboxylic acids is 1. The Hall–Kier alpha value is -2.92. The average molecular weight is 471 g/mol. The zero-order valence-electron chi connectivity index (χ0n) is 19.2. The number of aliphatic hydroxyl groups is 2. The van der Waals surface area contributed by atoms with Gasteiger partial charge in [0.25, 0.3) is 0 Å². The number of carboxylic acids is 1. The van der Waals surface area contributed by atoms with E-state index in [-0.39, 0.29) is 32.7 Å². The number of aromatic nitrogens is 2. The molecule has 0 aliphatic carbocycles. The van der Waals surface area contributed by atoms with Crippen molar-refractivity contribution in [3.63, 3.8) is 0 Å². The Labute approximate surface area is 197 Å². The number of hydrogen-bond donors (Lipinski definition) is 3. The molecule has 182 valence electrons. The van der Waals surface area contributed by atoms with Crippen LogP contribution in [0.15, 0.2) is 48.8 Å². The number of pyridine rings is 2. The molecule has 2 aliphatic heterocycles. The highest BCUT2D eigenvalue weighted by Gasteiger charge is 2.71. The number of ether oxygens (including phenoxy) is 1. The second-order valence-electron chi connectivity index (χ2n) is 9.16. The predicted molar refractivity (Wildman–Crippen MR) is 120 cm³/mol. The van der Waals surface area contributed by atoms with E-state index in [0.29, 0.717) is 11.4 Å². The minimum atomic E-state index is -1.55. The van der Waals surface area contributed by atoms with E-state index in [2.05, 4.69) is 9.97 Å². The number of hydrogen-bond acceptors (Lipinski definition) is 9. The number of nitrogens with zero attached hydrogens (tertiary/aromatic N) is 4. The van der Waals surface area contributed by atoms with Crippen LogP contribution in [0.2, 0.25) is 0 Å². The summed E-state index contributed by atoms with van der Waals surface area (Å²) in [4.78, 5) is 38.0. The summed E-state index contributed by atoms with van der Waals surface area (Å²) in [5, 5.41) is 31.8. The Balaban J connectivity index is 2.02. The molecule has 2 saturated heterocycles. The predicted octanol–water partition coefficient (Wildman–Crippen LogP) is 0.494. The van der Waals surface area contributed by atoms with Crippen LogP contribution in [0.25, 0.3) is 0 Å². The average Bonchev–Trinajstić information content (AvgIpc) is 2.82. The molecule has 2 aromatic heterocycles. The van der Waals surface area contributed by atoms with Gasteiger partial charge in [-0.1, -0.05) is 12.1 Å². The third-order valence-corrected chi connectivity index (χ3v) is 7.32. The monoisotopic (exact) mass is 470 g/mol. The van der Waals surface area contributed by atoms with Gasteiger partial charge in [0.1, 0.15) is 5.41 Å². The Kier molecular flexibility index (Phi) is 6.68. The maximum Gasteiger partial charge on any atom is 0.317 e. The molecule has 2 aliphatic rings.